The van der Waals surface area contributed by atoms with E-state index in [4.69, 9.17) is 0 Å². The molecule has 0 bridgehead atoms. The standard InChI is InChI=1S/C9H10BBrN2O/c1-2-9-12-8-4-3-6(11)5-7(8)10(14)13-9/h3-5,14H,2H2,1H3,(H,12,13). The van der Waals surface area contributed by atoms with Crippen molar-refractivity contribution in [3.8, 4) is 0 Å². The molecule has 0 fully saturated rings. The highest BCUT2D eigenvalue weighted by molar-refractivity contribution is 9.10. The van der Waals surface area contributed by atoms with Crippen LogP contribution in [-0.2, 0) is 0 Å². The smallest absolute Gasteiger partial charge is 0.427 e. The molecule has 0 unspecified atom stereocenters. The van der Waals surface area contributed by atoms with Crippen LogP contribution in [0.25, 0.3) is 0 Å². The van der Waals surface area contributed by atoms with Gasteiger partial charge in [-0.05, 0) is 18.2 Å². The van der Waals surface area contributed by atoms with Crippen LogP contribution in [0.1, 0.15) is 13.3 Å². The lowest BCUT2D eigenvalue weighted by molar-refractivity contribution is 0.587. The average Bonchev–Trinajstić information content (AvgIpc) is 2.19. The van der Waals surface area contributed by atoms with Gasteiger partial charge in [-0.3, -0.25) is 4.90 Å². The summed E-state index contributed by atoms with van der Waals surface area (Å²) in [6.07, 6.45) is 0.798. The highest BCUT2D eigenvalue weighted by Gasteiger charge is 2.23. The van der Waals surface area contributed by atoms with Gasteiger partial charge in [0.15, 0.2) is 0 Å². The first-order valence-electron chi connectivity index (χ1n) is 4.52. The lowest BCUT2D eigenvalue weighted by Gasteiger charge is -2.19. The van der Waals surface area contributed by atoms with E-state index in [1.165, 1.54) is 0 Å². The van der Waals surface area contributed by atoms with Crippen LogP contribution in [0.5, 0.6) is 0 Å². The predicted octanol–water partition coefficient (Wildman–Crippen LogP) is 1.37. The Hall–Kier alpha value is -0.805. The first kappa shape index (κ1) is 9.74. The quantitative estimate of drug-likeness (QED) is 0.742. The molecular weight excluding hydrogens is 243 g/mol. The van der Waals surface area contributed by atoms with Gasteiger partial charge in [0, 0.05) is 22.0 Å². The van der Waals surface area contributed by atoms with Gasteiger partial charge in [0.25, 0.3) is 0 Å². The summed E-state index contributed by atoms with van der Waals surface area (Å²) >= 11 is 3.36. The largest absolute Gasteiger partial charge is 0.471 e. The summed E-state index contributed by atoms with van der Waals surface area (Å²) in [5, 5.41) is 12.9. The van der Waals surface area contributed by atoms with Gasteiger partial charge in [-0.25, -0.2) is 0 Å². The molecule has 0 radical (unpaired) electrons. The molecule has 1 aliphatic rings. The number of benzene rings is 1. The SMILES string of the molecule is CCC1=NB(O)c2cc(Br)ccc2N1. The Morgan fingerprint density at radius 2 is 2.36 bits per heavy atom. The summed E-state index contributed by atoms with van der Waals surface area (Å²) < 4.78 is 0.951. The molecule has 14 heavy (non-hydrogen) atoms. The Morgan fingerprint density at radius 3 is 3.07 bits per heavy atom. The monoisotopic (exact) mass is 252 g/mol. The van der Waals surface area contributed by atoms with Gasteiger partial charge in [0.1, 0.15) is 0 Å². The topological polar surface area (TPSA) is 44.6 Å². The van der Waals surface area contributed by atoms with Crippen molar-refractivity contribution in [1.82, 2.24) is 0 Å². The fourth-order valence-corrected chi connectivity index (χ4v) is 1.82. The zero-order valence-electron chi connectivity index (χ0n) is 7.79. The molecule has 1 heterocycles. The third kappa shape index (κ3) is 1.70. The Labute approximate surface area is 91.5 Å². The number of hydrogen-bond donors (Lipinski definition) is 2. The van der Waals surface area contributed by atoms with Crippen molar-refractivity contribution < 1.29 is 5.02 Å². The predicted molar refractivity (Wildman–Crippen MR) is 63.1 cm³/mol. The Morgan fingerprint density at radius 1 is 1.57 bits per heavy atom. The molecule has 0 atom stereocenters. The molecule has 0 spiro atoms. The van der Waals surface area contributed by atoms with Crippen molar-refractivity contribution in [3.05, 3.63) is 22.7 Å². The molecule has 1 aliphatic heterocycles. The molecule has 0 amide bonds. The van der Waals surface area contributed by atoms with Crippen LogP contribution in [0.15, 0.2) is 27.6 Å². The first-order valence-corrected chi connectivity index (χ1v) is 5.31. The molecule has 5 heteroatoms. The second-order valence-corrected chi connectivity index (χ2v) is 4.08. The van der Waals surface area contributed by atoms with Gasteiger partial charge < -0.3 is 10.3 Å². The maximum absolute atomic E-state index is 9.74. The van der Waals surface area contributed by atoms with E-state index in [0.717, 1.165) is 27.9 Å². The number of amidine groups is 1. The molecule has 1 aromatic rings. The molecule has 2 rings (SSSR count). The number of anilines is 1. The zero-order valence-corrected chi connectivity index (χ0v) is 9.37. The van der Waals surface area contributed by atoms with Crippen molar-refractivity contribution in [1.29, 1.82) is 0 Å². The van der Waals surface area contributed by atoms with E-state index in [2.05, 4.69) is 26.2 Å². The number of hydrogen-bond acceptors (Lipinski definition) is 3. The molecule has 3 nitrogen and oxygen atoms in total. The molecule has 0 aromatic heterocycles. The van der Waals surface area contributed by atoms with E-state index < -0.39 is 7.05 Å². The first-order chi connectivity index (χ1) is 6.70. The van der Waals surface area contributed by atoms with Gasteiger partial charge in [0.2, 0.25) is 0 Å². The van der Waals surface area contributed by atoms with Crippen LogP contribution in [0, 0.1) is 0 Å². The van der Waals surface area contributed by atoms with Crippen LogP contribution >= 0.6 is 15.9 Å². The maximum Gasteiger partial charge on any atom is 0.471 e. The lowest BCUT2D eigenvalue weighted by atomic mass is 9.73. The second-order valence-electron chi connectivity index (χ2n) is 3.16. The summed E-state index contributed by atoms with van der Waals surface area (Å²) in [5.41, 5.74) is 1.75. The Balaban J connectivity index is 2.42. The molecule has 1 aromatic carbocycles. The van der Waals surface area contributed by atoms with Gasteiger partial charge in [0.05, 0.1) is 5.84 Å². The van der Waals surface area contributed by atoms with Gasteiger partial charge >= 0.3 is 7.05 Å². The van der Waals surface area contributed by atoms with Crippen LogP contribution < -0.4 is 10.8 Å². The molecular formula is C9H10BBrN2O. The third-order valence-corrected chi connectivity index (χ3v) is 2.68. The fraction of sp³-hybridized carbons (Fsp3) is 0.222. The third-order valence-electron chi connectivity index (χ3n) is 2.18. The van der Waals surface area contributed by atoms with Crippen molar-refractivity contribution >= 4 is 40.0 Å². The molecule has 0 saturated heterocycles. The number of nitrogens with zero attached hydrogens (tertiary/aromatic N) is 1. The minimum Gasteiger partial charge on any atom is -0.427 e. The van der Waals surface area contributed by atoms with Crippen LogP contribution in [0.4, 0.5) is 5.69 Å². The van der Waals surface area contributed by atoms with Crippen LogP contribution in [0.2, 0.25) is 0 Å². The highest BCUT2D eigenvalue weighted by Crippen LogP contribution is 2.16. The molecule has 72 valence electrons. The molecule has 0 aliphatic carbocycles. The summed E-state index contributed by atoms with van der Waals surface area (Å²) in [6.45, 7) is 2.00. The second kappa shape index (κ2) is 3.75. The van der Waals surface area contributed by atoms with Crippen LogP contribution in [-0.4, -0.2) is 17.9 Å². The summed E-state index contributed by atoms with van der Waals surface area (Å²) in [6, 6.07) is 5.76. The summed E-state index contributed by atoms with van der Waals surface area (Å²) in [5.74, 6) is 0.826. The van der Waals surface area contributed by atoms with Gasteiger partial charge in [-0.1, -0.05) is 22.9 Å². The zero-order chi connectivity index (χ0) is 10.1. The number of halogens is 1. The van der Waals surface area contributed by atoms with Gasteiger partial charge in [-0.2, -0.15) is 0 Å². The maximum atomic E-state index is 9.74. The van der Waals surface area contributed by atoms with Crippen molar-refractivity contribution in [2.24, 2.45) is 4.90 Å². The van der Waals surface area contributed by atoms with Gasteiger partial charge in [-0.15, -0.1) is 0 Å². The van der Waals surface area contributed by atoms with E-state index in [1.54, 1.807) is 0 Å². The average molecular weight is 253 g/mol. The number of fused-ring (bicyclic) bond motifs is 1. The normalized spacial score (nSPS) is 14.5. The van der Waals surface area contributed by atoms with E-state index in [1.807, 2.05) is 25.1 Å². The summed E-state index contributed by atoms with van der Waals surface area (Å²) in [7, 11) is -0.737. The molecule has 0 saturated carbocycles. The van der Waals surface area contributed by atoms with E-state index >= 15 is 0 Å². The number of nitrogens with one attached hydrogen (secondary N) is 1. The molecule has 2 N–H and O–H groups in total. The van der Waals surface area contributed by atoms with Crippen molar-refractivity contribution in [2.75, 3.05) is 5.32 Å². The lowest BCUT2D eigenvalue weighted by Crippen LogP contribution is -2.38. The van der Waals surface area contributed by atoms with Crippen molar-refractivity contribution in [3.63, 3.8) is 0 Å². The minimum atomic E-state index is -0.737. The number of rotatable bonds is 1. The van der Waals surface area contributed by atoms with E-state index in [-0.39, 0.29) is 0 Å². The minimum absolute atomic E-state index is 0.737. The van der Waals surface area contributed by atoms with E-state index in [9.17, 15) is 5.02 Å². The van der Waals surface area contributed by atoms with Crippen LogP contribution in [0.3, 0.4) is 0 Å². The highest BCUT2D eigenvalue weighted by atomic mass is 79.9. The van der Waals surface area contributed by atoms with E-state index in [0.29, 0.717) is 0 Å². The van der Waals surface area contributed by atoms with Crippen molar-refractivity contribution in [2.45, 2.75) is 13.3 Å². The summed E-state index contributed by atoms with van der Waals surface area (Å²) in [4.78, 5) is 4.12. The Bertz CT molecular complexity index is 394. The fourth-order valence-electron chi connectivity index (χ4n) is 1.45. The Kier molecular flexibility index (Phi) is 2.61.